The molecule has 19 heavy (non-hydrogen) atoms. The summed E-state index contributed by atoms with van der Waals surface area (Å²) in [6.07, 6.45) is 0. The fraction of sp³-hybridized carbons (Fsp3) is 0.462. The topological polar surface area (TPSA) is 88.0 Å². The second-order valence-electron chi connectivity index (χ2n) is 4.10. The van der Waals surface area contributed by atoms with Crippen LogP contribution < -0.4 is 14.8 Å². The van der Waals surface area contributed by atoms with Crippen LogP contribution in [0.1, 0.15) is 11.1 Å². The number of ether oxygens (including phenoxy) is 2. The third-order valence-corrected chi connectivity index (χ3v) is 2.76. The van der Waals surface area contributed by atoms with Crippen LogP contribution in [-0.2, 0) is 11.3 Å². The van der Waals surface area contributed by atoms with Crippen molar-refractivity contribution in [2.75, 3.05) is 20.8 Å². The van der Waals surface area contributed by atoms with E-state index in [4.69, 9.17) is 19.7 Å². The van der Waals surface area contributed by atoms with E-state index in [1.807, 2.05) is 19.1 Å². The van der Waals surface area contributed by atoms with Gasteiger partial charge in [0.05, 0.1) is 20.8 Å². The average molecular weight is 269 g/mol. The van der Waals surface area contributed by atoms with Gasteiger partial charge >= 0.3 is 5.97 Å². The van der Waals surface area contributed by atoms with Gasteiger partial charge in [-0.3, -0.25) is 10.1 Å². The van der Waals surface area contributed by atoms with Gasteiger partial charge in [-0.15, -0.1) is 0 Å². The molecule has 0 saturated heterocycles. The van der Waals surface area contributed by atoms with Crippen LogP contribution in [0.2, 0.25) is 0 Å². The van der Waals surface area contributed by atoms with Crippen LogP contribution in [0.4, 0.5) is 0 Å². The molecule has 0 bridgehead atoms. The highest BCUT2D eigenvalue weighted by atomic mass is 16.5. The highest BCUT2D eigenvalue weighted by Crippen LogP contribution is 2.30. The summed E-state index contributed by atoms with van der Waals surface area (Å²) in [7, 11) is 3.08. The third-order valence-electron chi connectivity index (χ3n) is 2.76. The van der Waals surface area contributed by atoms with Crippen LogP contribution in [-0.4, -0.2) is 43.1 Å². The van der Waals surface area contributed by atoms with Crippen molar-refractivity contribution in [3.05, 3.63) is 23.3 Å². The molecule has 0 heterocycles. The molecule has 0 unspecified atom stereocenters. The van der Waals surface area contributed by atoms with Gasteiger partial charge in [0.15, 0.2) is 0 Å². The van der Waals surface area contributed by atoms with Crippen LogP contribution >= 0.6 is 0 Å². The number of benzene rings is 1. The summed E-state index contributed by atoms with van der Waals surface area (Å²) in [5.41, 5.74) is 1.70. The molecule has 0 fully saturated rings. The van der Waals surface area contributed by atoms with Crippen LogP contribution in [0.5, 0.6) is 11.5 Å². The number of aliphatic carboxylic acids is 1. The van der Waals surface area contributed by atoms with E-state index in [0.717, 1.165) is 11.1 Å². The van der Waals surface area contributed by atoms with Crippen molar-refractivity contribution in [3.63, 3.8) is 0 Å². The number of carbonyl (C=O) groups is 1. The van der Waals surface area contributed by atoms with Gasteiger partial charge in [0.2, 0.25) is 0 Å². The Morgan fingerprint density at radius 3 is 2.21 bits per heavy atom. The second-order valence-corrected chi connectivity index (χ2v) is 4.10. The Hall–Kier alpha value is -1.79. The molecule has 0 aliphatic heterocycles. The minimum absolute atomic E-state index is 0.226. The van der Waals surface area contributed by atoms with Crippen molar-refractivity contribution in [1.82, 2.24) is 5.32 Å². The number of nitrogens with one attached hydrogen (secondary N) is 1. The number of rotatable bonds is 7. The van der Waals surface area contributed by atoms with Gasteiger partial charge in [-0.05, 0) is 24.6 Å². The van der Waals surface area contributed by atoms with E-state index >= 15 is 0 Å². The summed E-state index contributed by atoms with van der Waals surface area (Å²) in [6.45, 7) is 1.66. The molecular weight excluding hydrogens is 250 g/mol. The number of carboxylic acids is 1. The summed E-state index contributed by atoms with van der Waals surface area (Å²) in [5, 5.41) is 20.6. The van der Waals surface area contributed by atoms with E-state index in [0.29, 0.717) is 11.5 Å². The fourth-order valence-electron chi connectivity index (χ4n) is 1.74. The lowest BCUT2D eigenvalue weighted by molar-refractivity contribution is -0.140. The summed E-state index contributed by atoms with van der Waals surface area (Å²) >= 11 is 0. The zero-order chi connectivity index (χ0) is 14.4. The Balaban J connectivity index is 2.95. The lowest BCUT2D eigenvalue weighted by Gasteiger charge is -2.17. The molecule has 6 heteroatoms. The van der Waals surface area contributed by atoms with E-state index in [2.05, 4.69) is 5.32 Å². The largest absolute Gasteiger partial charge is 0.496 e. The molecule has 1 aromatic rings. The SMILES string of the molecule is COc1cc(C)cc(OC)c1CN[C@@H](CO)C(=O)O. The van der Waals surface area contributed by atoms with Gasteiger partial charge in [-0.25, -0.2) is 0 Å². The summed E-state index contributed by atoms with van der Waals surface area (Å²) in [4.78, 5) is 10.8. The van der Waals surface area contributed by atoms with Crippen molar-refractivity contribution in [2.24, 2.45) is 0 Å². The smallest absolute Gasteiger partial charge is 0.323 e. The van der Waals surface area contributed by atoms with E-state index < -0.39 is 18.6 Å². The van der Waals surface area contributed by atoms with E-state index in [9.17, 15) is 4.79 Å². The number of hydrogen-bond acceptors (Lipinski definition) is 5. The van der Waals surface area contributed by atoms with Crippen LogP contribution in [0.3, 0.4) is 0 Å². The zero-order valence-electron chi connectivity index (χ0n) is 11.3. The highest BCUT2D eigenvalue weighted by Gasteiger charge is 2.18. The second kappa shape index (κ2) is 6.96. The number of aliphatic hydroxyl groups excluding tert-OH is 1. The zero-order valence-corrected chi connectivity index (χ0v) is 11.3. The standard InChI is InChI=1S/C13H19NO5/c1-8-4-11(18-2)9(12(5-8)19-3)6-14-10(7-15)13(16)17/h4-5,10,14-15H,6-7H2,1-3H3,(H,16,17)/t10-/m0/s1. The first-order valence-electron chi connectivity index (χ1n) is 5.82. The monoisotopic (exact) mass is 269 g/mol. The Morgan fingerprint density at radius 2 is 1.84 bits per heavy atom. The van der Waals surface area contributed by atoms with Gasteiger partial charge in [-0.1, -0.05) is 0 Å². The summed E-state index contributed by atoms with van der Waals surface area (Å²) in [6, 6.07) is 2.67. The molecule has 0 aromatic heterocycles. The molecule has 3 N–H and O–H groups in total. The first kappa shape index (κ1) is 15.3. The van der Waals surface area contributed by atoms with Crippen molar-refractivity contribution in [3.8, 4) is 11.5 Å². The molecule has 0 amide bonds. The minimum Gasteiger partial charge on any atom is -0.496 e. The molecule has 1 atom stereocenters. The summed E-state index contributed by atoms with van der Waals surface area (Å²) < 4.78 is 10.5. The molecule has 6 nitrogen and oxygen atoms in total. The van der Waals surface area contributed by atoms with Crippen molar-refractivity contribution in [1.29, 1.82) is 0 Å². The molecule has 0 aliphatic rings. The van der Waals surface area contributed by atoms with Crippen molar-refractivity contribution >= 4 is 5.97 Å². The van der Waals surface area contributed by atoms with Crippen LogP contribution in [0.15, 0.2) is 12.1 Å². The molecule has 0 saturated carbocycles. The van der Waals surface area contributed by atoms with Crippen molar-refractivity contribution in [2.45, 2.75) is 19.5 Å². The predicted octanol–water partition coefficient (Wildman–Crippen LogP) is 0.547. The van der Waals surface area contributed by atoms with Gasteiger partial charge in [0.1, 0.15) is 17.5 Å². The normalized spacial score (nSPS) is 12.0. The maximum atomic E-state index is 10.8. The van der Waals surface area contributed by atoms with Crippen LogP contribution in [0.25, 0.3) is 0 Å². The number of methoxy groups -OCH3 is 2. The first-order chi connectivity index (χ1) is 9.03. The molecular formula is C13H19NO5. The number of hydrogen-bond donors (Lipinski definition) is 3. The lowest BCUT2D eigenvalue weighted by Crippen LogP contribution is -2.39. The van der Waals surface area contributed by atoms with E-state index in [-0.39, 0.29) is 6.54 Å². The summed E-state index contributed by atoms with van der Waals surface area (Å²) in [5.74, 6) is 0.130. The van der Waals surface area contributed by atoms with Crippen molar-refractivity contribution < 1.29 is 24.5 Å². The number of aryl methyl sites for hydroxylation is 1. The molecule has 0 spiro atoms. The number of carboxylic acid groups (broad SMARTS) is 1. The number of aliphatic hydroxyl groups is 1. The lowest BCUT2D eigenvalue weighted by atomic mass is 10.1. The fourth-order valence-corrected chi connectivity index (χ4v) is 1.74. The molecule has 1 aromatic carbocycles. The molecule has 1 rings (SSSR count). The predicted molar refractivity (Wildman–Crippen MR) is 69.6 cm³/mol. The van der Waals surface area contributed by atoms with E-state index in [1.165, 1.54) is 0 Å². The Morgan fingerprint density at radius 1 is 1.32 bits per heavy atom. The Labute approximate surface area is 112 Å². The first-order valence-corrected chi connectivity index (χ1v) is 5.82. The van der Waals surface area contributed by atoms with Gasteiger partial charge in [0, 0.05) is 12.1 Å². The highest BCUT2D eigenvalue weighted by molar-refractivity contribution is 5.73. The Bertz CT molecular complexity index is 422. The molecule has 0 radical (unpaired) electrons. The third kappa shape index (κ3) is 3.84. The average Bonchev–Trinajstić information content (AvgIpc) is 2.39. The minimum atomic E-state index is -1.10. The van der Waals surface area contributed by atoms with E-state index in [1.54, 1.807) is 14.2 Å². The maximum Gasteiger partial charge on any atom is 0.323 e. The Kier molecular flexibility index (Phi) is 5.59. The maximum absolute atomic E-state index is 10.8. The van der Waals surface area contributed by atoms with Gasteiger partial charge in [-0.2, -0.15) is 0 Å². The molecule has 106 valence electrons. The quantitative estimate of drug-likeness (QED) is 0.670. The van der Waals surface area contributed by atoms with Gasteiger partial charge in [0.25, 0.3) is 0 Å². The van der Waals surface area contributed by atoms with Crippen LogP contribution in [0, 0.1) is 6.92 Å². The molecule has 0 aliphatic carbocycles. The van der Waals surface area contributed by atoms with Gasteiger partial charge < -0.3 is 19.7 Å².